The third-order valence-electron chi connectivity index (χ3n) is 5.28. The SMILES string of the molecule is C[C@H](CS(=O)(=O)c1ccc2c(c1)NC(=O)CS2)C(=O)N1CCc2ccccc2C1. The molecule has 0 unspecified atom stereocenters. The lowest BCUT2D eigenvalue weighted by Gasteiger charge is -2.31. The molecule has 2 aliphatic rings. The van der Waals surface area contributed by atoms with Crippen LogP contribution in [0.3, 0.4) is 0 Å². The molecule has 8 heteroatoms. The van der Waals surface area contributed by atoms with Gasteiger partial charge in [0.1, 0.15) is 0 Å². The first-order valence-corrected chi connectivity index (χ1v) is 12.1. The fourth-order valence-corrected chi connectivity index (χ4v) is 6.10. The lowest BCUT2D eigenvalue weighted by atomic mass is 9.99. The monoisotopic (exact) mass is 430 g/mol. The number of thioether (sulfide) groups is 1. The Hall–Kier alpha value is -2.32. The number of nitrogens with one attached hydrogen (secondary N) is 1. The minimum absolute atomic E-state index is 0.127. The van der Waals surface area contributed by atoms with Crippen molar-refractivity contribution in [3.63, 3.8) is 0 Å². The van der Waals surface area contributed by atoms with Gasteiger partial charge in [0.15, 0.2) is 9.84 Å². The minimum Gasteiger partial charge on any atom is -0.338 e. The van der Waals surface area contributed by atoms with E-state index in [1.807, 2.05) is 18.2 Å². The second kappa shape index (κ2) is 7.84. The molecule has 0 saturated heterocycles. The van der Waals surface area contributed by atoms with Crippen molar-refractivity contribution in [1.29, 1.82) is 0 Å². The number of sulfone groups is 1. The molecule has 0 radical (unpaired) electrons. The molecule has 152 valence electrons. The maximum Gasteiger partial charge on any atom is 0.234 e. The average molecular weight is 431 g/mol. The summed E-state index contributed by atoms with van der Waals surface area (Å²) in [7, 11) is -3.66. The van der Waals surface area contributed by atoms with Gasteiger partial charge in [-0.25, -0.2) is 8.42 Å². The Kier molecular flexibility index (Phi) is 5.40. The van der Waals surface area contributed by atoms with E-state index in [0.29, 0.717) is 24.5 Å². The standard InChI is InChI=1S/C21H22N2O4S2/c1-14(21(25)23-9-8-15-4-2-3-5-16(15)11-23)13-29(26,27)17-6-7-19-18(10-17)22-20(24)12-28-19/h2-7,10,14H,8-9,11-13H2,1H3,(H,22,24)/t14-/m1/s1. The van der Waals surface area contributed by atoms with Crippen molar-refractivity contribution in [1.82, 2.24) is 4.90 Å². The Labute approximate surface area is 174 Å². The number of hydrogen-bond donors (Lipinski definition) is 1. The normalized spacial score (nSPS) is 17.1. The van der Waals surface area contributed by atoms with E-state index in [1.54, 1.807) is 24.0 Å². The molecule has 1 N–H and O–H groups in total. The first kappa shape index (κ1) is 20.0. The third-order valence-corrected chi connectivity index (χ3v) is 8.26. The highest BCUT2D eigenvalue weighted by Crippen LogP contribution is 2.33. The number of hydrogen-bond acceptors (Lipinski definition) is 5. The summed E-state index contributed by atoms with van der Waals surface area (Å²) < 4.78 is 25.8. The number of anilines is 1. The molecular weight excluding hydrogens is 408 g/mol. The van der Waals surface area contributed by atoms with Crippen molar-refractivity contribution in [2.75, 3.05) is 23.4 Å². The van der Waals surface area contributed by atoms with Crippen LogP contribution in [-0.2, 0) is 32.4 Å². The fourth-order valence-electron chi connectivity index (χ4n) is 3.75. The summed E-state index contributed by atoms with van der Waals surface area (Å²) in [5, 5.41) is 2.71. The number of carbonyl (C=O) groups excluding carboxylic acids is 2. The van der Waals surface area contributed by atoms with E-state index in [4.69, 9.17) is 0 Å². The summed E-state index contributed by atoms with van der Waals surface area (Å²) in [6.45, 7) is 2.78. The average Bonchev–Trinajstić information content (AvgIpc) is 2.72. The maximum atomic E-state index is 12.9. The molecule has 2 heterocycles. The van der Waals surface area contributed by atoms with E-state index < -0.39 is 15.8 Å². The van der Waals surface area contributed by atoms with Gasteiger partial charge in [-0.15, -0.1) is 11.8 Å². The van der Waals surface area contributed by atoms with Crippen molar-refractivity contribution < 1.29 is 18.0 Å². The van der Waals surface area contributed by atoms with Crippen molar-refractivity contribution in [3.05, 3.63) is 53.6 Å². The first-order valence-electron chi connectivity index (χ1n) is 9.48. The fraction of sp³-hybridized carbons (Fsp3) is 0.333. The summed E-state index contributed by atoms with van der Waals surface area (Å²) in [5.74, 6) is -0.880. The van der Waals surface area contributed by atoms with Gasteiger partial charge in [-0.1, -0.05) is 31.2 Å². The van der Waals surface area contributed by atoms with Crippen LogP contribution in [0.25, 0.3) is 0 Å². The Morgan fingerprint density at radius 1 is 1.21 bits per heavy atom. The Morgan fingerprint density at radius 2 is 1.97 bits per heavy atom. The molecule has 4 rings (SSSR count). The second-order valence-corrected chi connectivity index (χ2v) is 10.5. The highest BCUT2D eigenvalue weighted by atomic mass is 32.2. The summed E-state index contributed by atoms with van der Waals surface area (Å²) in [6, 6.07) is 12.8. The van der Waals surface area contributed by atoms with Crippen LogP contribution >= 0.6 is 11.8 Å². The predicted octanol–water partition coefficient (Wildman–Crippen LogP) is 2.73. The van der Waals surface area contributed by atoms with Crippen LogP contribution in [-0.4, -0.2) is 43.2 Å². The summed E-state index contributed by atoms with van der Waals surface area (Å²) in [4.78, 5) is 27.2. The summed E-state index contributed by atoms with van der Waals surface area (Å²) in [5.41, 5.74) is 2.87. The van der Waals surface area contributed by atoms with Crippen molar-refractivity contribution in [2.24, 2.45) is 5.92 Å². The zero-order valence-corrected chi connectivity index (χ0v) is 17.7. The molecule has 1 atom stereocenters. The molecule has 0 spiro atoms. The van der Waals surface area contributed by atoms with Crippen molar-refractivity contribution in [2.45, 2.75) is 29.7 Å². The van der Waals surface area contributed by atoms with E-state index in [-0.39, 0.29) is 22.5 Å². The van der Waals surface area contributed by atoms with E-state index in [1.165, 1.54) is 23.4 Å². The van der Waals surface area contributed by atoms with Crippen LogP contribution in [0.5, 0.6) is 0 Å². The summed E-state index contributed by atoms with van der Waals surface area (Å²) in [6.07, 6.45) is 0.781. The number of benzene rings is 2. The quantitative estimate of drug-likeness (QED) is 0.806. The molecule has 0 aliphatic carbocycles. The Bertz CT molecular complexity index is 1080. The number of rotatable bonds is 4. The molecule has 0 saturated carbocycles. The van der Waals surface area contributed by atoms with E-state index in [2.05, 4.69) is 11.4 Å². The van der Waals surface area contributed by atoms with Crippen LogP contribution in [0.15, 0.2) is 52.3 Å². The number of carbonyl (C=O) groups is 2. The number of nitrogens with zero attached hydrogens (tertiary/aromatic N) is 1. The van der Waals surface area contributed by atoms with E-state index in [0.717, 1.165) is 16.9 Å². The second-order valence-electron chi connectivity index (χ2n) is 7.46. The van der Waals surface area contributed by atoms with Gasteiger partial charge in [0.25, 0.3) is 0 Å². The Morgan fingerprint density at radius 3 is 2.76 bits per heavy atom. The molecule has 0 bridgehead atoms. The highest BCUT2D eigenvalue weighted by molar-refractivity contribution is 8.00. The zero-order chi connectivity index (χ0) is 20.6. The van der Waals surface area contributed by atoms with Crippen molar-refractivity contribution in [3.8, 4) is 0 Å². The van der Waals surface area contributed by atoms with Crippen LogP contribution in [0, 0.1) is 5.92 Å². The van der Waals surface area contributed by atoms with Gasteiger partial charge in [0.05, 0.1) is 22.1 Å². The van der Waals surface area contributed by atoms with Gasteiger partial charge < -0.3 is 10.2 Å². The van der Waals surface area contributed by atoms with Gasteiger partial charge in [-0.2, -0.15) is 0 Å². The lowest BCUT2D eigenvalue weighted by Crippen LogP contribution is -2.40. The zero-order valence-electron chi connectivity index (χ0n) is 16.1. The van der Waals surface area contributed by atoms with Crippen LogP contribution in [0.4, 0.5) is 5.69 Å². The molecule has 29 heavy (non-hydrogen) atoms. The highest BCUT2D eigenvalue weighted by Gasteiger charge is 2.29. The molecule has 0 aromatic heterocycles. The van der Waals surface area contributed by atoms with E-state index in [9.17, 15) is 18.0 Å². The van der Waals surface area contributed by atoms with Crippen LogP contribution in [0.1, 0.15) is 18.1 Å². The topological polar surface area (TPSA) is 83.5 Å². The third kappa shape index (κ3) is 4.18. The van der Waals surface area contributed by atoms with E-state index >= 15 is 0 Å². The predicted molar refractivity (Wildman–Crippen MR) is 113 cm³/mol. The molecule has 0 fully saturated rings. The maximum absolute atomic E-state index is 12.9. The van der Waals surface area contributed by atoms with Gasteiger partial charge in [-0.05, 0) is 35.7 Å². The molecule has 2 aromatic carbocycles. The molecule has 2 aliphatic heterocycles. The molecule has 2 aromatic rings. The minimum atomic E-state index is -3.66. The van der Waals surface area contributed by atoms with Crippen molar-refractivity contribution >= 4 is 39.1 Å². The first-order chi connectivity index (χ1) is 13.8. The van der Waals surface area contributed by atoms with Gasteiger partial charge in [0.2, 0.25) is 11.8 Å². The van der Waals surface area contributed by atoms with Crippen LogP contribution in [0.2, 0.25) is 0 Å². The van der Waals surface area contributed by atoms with Crippen LogP contribution < -0.4 is 5.32 Å². The largest absolute Gasteiger partial charge is 0.338 e. The van der Waals surface area contributed by atoms with Gasteiger partial charge in [0, 0.05) is 23.9 Å². The molecule has 2 amide bonds. The number of amides is 2. The smallest absolute Gasteiger partial charge is 0.234 e. The number of fused-ring (bicyclic) bond motifs is 2. The molecule has 6 nitrogen and oxygen atoms in total. The lowest BCUT2D eigenvalue weighted by molar-refractivity contribution is -0.135. The Balaban J connectivity index is 1.47. The molecular formula is C21H22N2O4S2. The summed E-state index contributed by atoms with van der Waals surface area (Å²) >= 11 is 1.38. The van der Waals surface area contributed by atoms with Gasteiger partial charge in [-0.3, -0.25) is 9.59 Å². The van der Waals surface area contributed by atoms with Gasteiger partial charge >= 0.3 is 0 Å².